The van der Waals surface area contributed by atoms with E-state index in [2.05, 4.69) is 9.27 Å². The number of anilines is 2. The quantitative estimate of drug-likeness (QED) is 0.822. The van der Waals surface area contributed by atoms with Crippen LogP contribution in [0.3, 0.4) is 0 Å². The Morgan fingerprint density at radius 3 is 2.88 bits per heavy atom. The molecule has 1 saturated carbocycles. The van der Waals surface area contributed by atoms with Gasteiger partial charge in [-0.25, -0.2) is 0 Å². The molecular formula is C11H17N3OS. The van der Waals surface area contributed by atoms with Gasteiger partial charge in [0.1, 0.15) is 10.8 Å². The lowest BCUT2D eigenvalue weighted by molar-refractivity contribution is 0.154. The summed E-state index contributed by atoms with van der Waals surface area (Å²) in [5, 5.41) is 10.9. The number of nitrogens with two attached hydrogens (primary N) is 1. The van der Waals surface area contributed by atoms with E-state index in [4.69, 9.17) is 5.73 Å². The van der Waals surface area contributed by atoms with Gasteiger partial charge in [-0.2, -0.15) is 4.37 Å². The minimum Gasteiger partial charge on any atom is -0.391 e. The van der Waals surface area contributed by atoms with Crippen molar-refractivity contribution in [2.45, 2.75) is 37.7 Å². The highest BCUT2D eigenvalue weighted by molar-refractivity contribution is 7.10. The van der Waals surface area contributed by atoms with Gasteiger partial charge in [0.2, 0.25) is 0 Å². The van der Waals surface area contributed by atoms with Crippen LogP contribution in [0.25, 0.3) is 0 Å². The normalized spacial score (nSPS) is 26.1. The summed E-state index contributed by atoms with van der Waals surface area (Å²) in [7, 11) is 0. The van der Waals surface area contributed by atoms with Gasteiger partial charge in [-0.15, -0.1) is 0 Å². The largest absolute Gasteiger partial charge is 0.391 e. The maximum absolute atomic E-state index is 9.70. The van der Waals surface area contributed by atoms with Gasteiger partial charge in [-0.3, -0.25) is 0 Å². The molecule has 2 heterocycles. The van der Waals surface area contributed by atoms with E-state index in [1.807, 2.05) is 0 Å². The van der Waals surface area contributed by atoms with E-state index >= 15 is 0 Å². The lowest BCUT2D eigenvalue weighted by Gasteiger charge is -2.31. The molecule has 4 nitrogen and oxygen atoms in total. The fourth-order valence-corrected chi connectivity index (χ4v) is 3.36. The third-order valence-electron chi connectivity index (χ3n) is 3.41. The second-order valence-corrected chi connectivity index (χ2v) is 5.55. The van der Waals surface area contributed by atoms with Crippen molar-refractivity contribution >= 4 is 22.4 Å². The summed E-state index contributed by atoms with van der Waals surface area (Å²) in [5.41, 5.74) is 7.18. The van der Waals surface area contributed by atoms with E-state index in [1.54, 1.807) is 0 Å². The lowest BCUT2D eigenvalue weighted by Crippen LogP contribution is -2.38. The molecule has 1 aliphatic carbocycles. The molecule has 1 aromatic rings. The summed E-state index contributed by atoms with van der Waals surface area (Å²) in [6.45, 7) is 1.76. The molecule has 1 aromatic heterocycles. The molecule has 1 atom stereocenters. The molecule has 16 heavy (non-hydrogen) atoms. The maximum Gasteiger partial charge on any atom is 0.142 e. The Labute approximate surface area is 99.2 Å². The van der Waals surface area contributed by atoms with Crippen LogP contribution in [0.1, 0.15) is 37.2 Å². The van der Waals surface area contributed by atoms with Crippen molar-refractivity contribution in [2.24, 2.45) is 0 Å². The highest BCUT2D eigenvalue weighted by atomic mass is 32.1. The highest BCUT2D eigenvalue weighted by Gasteiger charge is 2.33. The molecule has 1 unspecified atom stereocenters. The van der Waals surface area contributed by atoms with Crippen LogP contribution < -0.4 is 10.6 Å². The van der Waals surface area contributed by atoms with Gasteiger partial charge in [-0.05, 0) is 43.1 Å². The number of aromatic nitrogens is 1. The Hall–Kier alpha value is -0.810. The fraction of sp³-hybridized carbons (Fsp3) is 0.727. The van der Waals surface area contributed by atoms with Crippen molar-refractivity contribution in [3.63, 3.8) is 0 Å². The second kappa shape index (κ2) is 3.89. The minimum absolute atomic E-state index is 0.191. The summed E-state index contributed by atoms with van der Waals surface area (Å²) in [4.78, 5) is 2.26. The van der Waals surface area contributed by atoms with Crippen LogP contribution in [-0.2, 0) is 0 Å². The average molecular weight is 239 g/mol. The SMILES string of the molecule is Nc1nsc(N2CCCC(O)C2)c1C1CC1. The number of β-amino-alcohol motifs (C(OH)–C–C–N with tert-alkyl or cyclic N) is 1. The first kappa shape index (κ1) is 10.4. The van der Waals surface area contributed by atoms with E-state index in [1.165, 1.54) is 34.9 Å². The molecule has 1 aliphatic heterocycles. The van der Waals surface area contributed by atoms with Crippen LogP contribution in [0.15, 0.2) is 0 Å². The number of hydrogen-bond acceptors (Lipinski definition) is 5. The monoisotopic (exact) mass is 239 g/mol. The van der Waals surface area contributed by atoms with Crippen molar-refractivity contribution in [1.29, 1.82) is 0 Å². The molecule has 88 valence electrons. The molecule has 2 aliphatic rings. The van der Waals surface area contributed by atoms with Crippen LogP contribution in [0.5, 0.6) is 0 Å². The Morgan fingerprint density at radius 2 is 2.19 bits per heavy atom. The van der Waals surface area contributed by atoms with E-state index in [-0.39, 0.29) is 6.10 Å². The van der Waals surface area contributed by atoms with Crippen LogP contribution in [0, 0.1) is 0 Å². The van der Waals surface area contributed by atoms with Crippen molar-refractivity contribution in [2.75, 3.05) is 23.7 Å². The Balaban J connectivity index is 1.87. The smallest absolute Gasteiger partial charge is 0.142 e. The number of piperidine rings is 1. The molecule has 0 bridgehead atoms. The molecule has 5 heteroatoms. The summed E-state index contributed by atoms with van der Waals surface area (Å²) in [6, 6.07) is 0. The predicted molar refractivity (Wildman–Crippen MR) is 66.0 cm³/mol. The Kier molecular flexibility index (Phi) is 2.52. The van der Waals surface area contributed by atoms with Gasteiger partial charge < -0.3 is 15.7 Å². The van der Waals surface area contributed by atoms with Crippen molar-refractivity contribution in [1.82, 2.24) is 4.37 Å². The Morgan fingerprint density at radius 1 is 1.38 bits per heavy atom. The molecule has 2 fully saturated rings. The number of nitrogens with zero attached hydrogens (tertiary/aromatic N) is 2. The van der Waals surface area contributed by atoms with Crippen LogP contribution in [0.2, 0.25) is 0 Å². The predicted octanol–water partition coefficient (Wildman–Crippen LogP) is 1.56. The summed E-state index contributed by atoms with van der Waals surface area (Å²) >= 11 is 1.49. The van der Waals surface area contributed by atoms with E-state index in [9.17, 15) is 5.11 Å². The molecule has 0 spiro atoms. The Bertz CT molecular complexity index is 389. The zero-order valence-electron chi connectivity index (χ0n) is 9.22. The fourth-order valence-electron chi connectivity index (χ4n) is 2.42. The van der Waals surface area contributed by atoms with Crippen LogP contribution >= 0.6 is 11.5 Å². The molecule has 3 rings (SSSR count). The summed E-state index contributed by atoms with van der Waals surface area (Å²) < 4.78 is 4.27. The maximum atomic E-state index is 9.70. The van der Waals surface area contributed by atoms with Gasteiger partial charge in [0.15, 0.2) is 0 Å². The number of aliphatic hydroxyl groups excluding tert-OH is 1. The zero-order chi connectivity index (χ0) is 11.1. The topological polar surface area (TPSA) is 62.4 Å². The number of hydrogen-bond donors (Lipinski definition) is 2. The number of aliphatic hydroxyl groups is 1. The zero-order valence-corrected chi connectivity index (χ0v) is 10.0. The molecule has 0 aromatic carbocycles. The molecule has 0 amide bonds. The highest BCUT2D eigenvalue weighted by Crippen LogP contribution is 2.49. The molecule has 1 saturated heterocycles. The van der Waals surface area contributed by atoms with Crippen LogP contribution in [0.4, 0.5) is 10.8 Å². The molecule has 0 radical (unpaired) electrons. The van der Waals surface area contributed by atoms with Gasteiger partial charge in [0.05, 0.1) is 6.10 Å². The standard InChI is InChI=1S/C11H17N3OS/c12-10-9(7-3-4-7)11(16-13-10)14-5-1-2-8(15)6-14/h7-8,15H,1-6H2,(H2,12,13). The second-order valence-electron chi connectivity index (χ2n) is 4.80. The first-order chi connectivity index (χ1) is 7.75. The molecule has 3 N–H and O–H groups in total. The minimum atomic E-state index is -0.191. The van der Waals surface area contributed by atoms with Crippen molar-refractivity contribution in [3.05, 3.63) is 5.56 Å². The third kappa shape index (κ3) is 1.78. The van der Waals surface area contributed by atoms with Gasteiger partial charge >= 0.3 is 0 Å². The number of nitrogen functional groups attached to an aromatic ring is 1. The third-order valence-corrected chi connectivity index (χ3v) is 4.35. The average Bonchev–Trinajstić information content (AvgIpc) is 3.02. The first-order valence-electron chi connectivity index (χ1n) is 5.93. The van der Waals surface area contributed by atoms with E-state index in [0.717, 1.165) is 25.9 Å². The number of rotatable bonds is 2. The summed E-state index contributed by atoms with van der Waals surface area (Å²) in [6.07, 6.45) is 4.27. The van der Waals surface area contributed by atoms with Gasteiger partial charge in [0, 0.05) is 18.7 Å². The molecular weight excluding hydrogens is 222 g/mol. The van der Waals surface area contributed by atoms with E-state index < -0.39 is 0 Å². The van der Waals surface area contributed by atoms with Gasteiger partial charge in [-0.1, -0.05) is 0 Å². The first-order valence-corrected chi connectivity index (χ1v) is 6.71. The van der Waals surface area contributed by atoms with Crippen molar-refractivity contribution in [3.8, 4) is 0 Å². The van der Waals surface area contributed by atoms with Gasteiger partial charge in [0.25, 0.3) is 0 Å². The van der Waals surface area contributed by atoms with E-state index in [0.29, 0.717) is 11.7 Å². The van der Waals surface area contributed by atoms with Crippen LogP contribution in [-0.4, -0.2) is 28.7 Å². The van der Waals surface area contributed by atoms with Crippen molar-refractivity contribution < 1.29 is 5.11 Å². The lowest BCUT2D eigenvalue weighted by atomic mass is 10.1. The summed E-state index contributed by atoms with van der Waals surface area (Å²) in [5.74, 6) is 1.34.